The topological polar surface area (TPSA) is 72.2 Å². The van der Waals surface area contributed by atoms with Crippen molar-refractivity contribution in [2.45, 2.75) is 25.6 Å². The molecule has 0 aliphatic rings. The number of primary amides is 1. The first-order valence-corrected chi connectivity index (χ1v) is 5.53. The highest BCUT2D eigenvalue weighted by atomic mass is 19.4. The molecule has 0 unspecified atom stereocenters. The molecule has 1 aromatic rings. The third kappa shape index (κ3) is 3.97. The molecule has 1 atom stereocenters. The Morgan fingerprint density at radius 1 is 1.37 bits per heavy atom. The largest absolute Gasteiger partial charge is 0.416 e. The number of carbonyl (C=O) groups excluding carboxylic acids is 2. The van der Waals surface area contributed by atoms with Crippen LogP contribution in [0.25, 0.3) is 0 Å². The van der Waals surface area contributed by atoms with Crippen molar-refractivity contribution in [1.82, 2.24) is 5.32 Å². The van der Waals surface area contributed by atoms with Crippen molar-refractivity contribution in [3.05, 3.63) is 35.4 Å². The first-order chi connectivity index (χ1) is 8.75. The van der Waals surface area contributed by atoms with Crippen LogP contribution in [0.5, 0.6) is 0 Å². The number of carbonyl (C=O) groups is 2. The first kappa shape index (κ1) is 15.0. The molecule has 0 spiro atoms. The fourth-order valence-corrected chi connectivity index (χ4v) is 1.45. The molecular formula is C12H13F3N2O2. The van der Waals surface area contributed by atoms with E-state index in [1.807, 2.05) is 0 Å². The van der Waals surface area contributed by atoms with E-state index in [4.69, 9.17) is 5.73 Å². The van der Waals surface area contributed by atoms with E-state index >= 15 is 0 Å². The molecule has 0 heterocycles. The summed E-state index contributed by atoms with van der Waals surface area (Å²) in [6.07, 6.45) is -4.26. The fraction of sp³-hybridized carbons (Fsp3) is 0.333. The Labute approximate surface area is 107 Å². The van der Waals surface area contributed by atoms with Gasteiger partial charge < -0.3 is 11.1 Å². The molecule has 0 saturated carbocycles. The van der Waals surface area contributed by atoms with Crippen molar-refractivity contribution in [2.24, 2.45) is 5.73 Å². The smallest absolute Gasteiger partial charge is 0.368 e. The molecule has 2 amide bonds. The maximum atomic E-state index is 12.5. The molecule has 0 fully saturated rings. The number of amides is 2. The number of halogens is 3. The highest BCUT2D eigenvalue weighted by molar-refractivity contribution is 5.97. The van der Waals surface area contributed by atoms with Crippen LogP contribution in [0.4, 0.5) is 13.2 Å². The first-order valence-electron chi connectivity index (χ1n) is 5.53. The zero-order valence-electron chi connectivity index (χ0n) is 10.1. The van der Waals surface area contributed by atoms with Gasteiger partial charge in [-0.05, 0) is 24.6 Å². The molecule has 0 aromatic heterocycles. The van der Waals surface area contributed by atoms with Gasteiger partial charge in [0.25, 0.3) is 5.91 Å². The minimum absolute atomic E-state index is 0.172. The average molecular weight is 274 g/mol. The molecular weight excluding hydrogens is 261 g/mol. The SMILES string of the molecule is CC[C@@H](NC(=O)c1cccc(C(F)(F)F)c1)C(N)=O. The molecule has 0 saturated heterocycles. The van der Waals surface area contributed by atoms with Gasteiger partial charge >= 0.3 is 6.18 Å². The lowest BCUT2D eigenvalue weighted by atomic mass is 10.1. The third-order valence-electron chi connectivity index (χ3n) is 2.51. The van der Waals surface area contributed by atoms with E-state index in [0.29, 0.717) is 0 Å². The second kappa shape index (κ2) is 5.73. The van der Waals surface area contributed by atoms with Crippen LogP contribution in [0.2, 0.25) is 0 Å². The van der Waals surface area contributed by atoms with Gasteiger partial charge in [0, 0.05) is 5.56 Å². The third-order valence-corrected chi connectivity index (χ3v) is 2.51. The minimum Gasteiger partial charge on any atom is -0.368 e. The molecule has 0 aliphatic carbocycles. The van der Waals surface area contributed by atoms with Gasteiger partial charge in [0.1, 0.15) is 6.04 Å². The van der Waals surface area contributed by atoms with E-state index < -0.39 is 29.6 Å². The van der Waals surface area contributed by atoms with Crippen molar-refractivity contribution in [2.75, 3.05) is 0 Å². The summed E-state index contributed by atoms with van der Waals surface area (Å²) in [5.74, 6) is -1.50. The van der Waals surface area contributed by atoms with Gasteiger partial charge in [0.2, 0.25) is 5.91 Å². The Kier molecular flexibility index (Phi) is 4.52. The molecule has 4 nitrogen and oxygen atoms in total. The lowest BCUT2D eigenvalue weighted by molar-refractivity contribution is -0.137. The zero-order chi connectivity index (χ0) is 14.6. The number of nitrogens with two attached hydrogens (primary N) is 1. The van der Waals surface area contributed by atoms with Crippen molar-refractivity contribution < 1.29 is 22.8 Å². The highest BCUT2D eigenvalue weighted by Crippen LogP contribution is 2.29. The van der Waals surface area contributed by atoms with Crippen LogP contribution < -0.4 is 11.1 Å². The van der Waals surface area contributed by atoms with Gasteiger partial charge in [0.05, 0.1) is 5.56 Å². The van der Waals surface area contributed by atoms with E-state index in [9.17, 15) is 22.8 Å². The van der Waals surface area contributed by atoms with Crippen LogP contribution in [0.15, 0.2) is 24.3 Å². The molecule has 1 aromatic carbocycles. The van der Waals surface area contributed by atoms with Crippen LogP contribution in [0.3, 0.4) is 0 Å². The Morgan fingerprint density at radius 3 is 2.47 bits per heavy atom. The Morgan fingerprint density at radius 2 is 2.00 bits per heavy atom. The maximum Gasteiger partial charge on any atom is 0.416 e. The summed E-state index contributed by atoms with van der Waals surface area (Å²) in [7, 11) is 0. The molecule has 0 aliphatic heterocycles. The number of hydrogen-bond donors (Lipinski definition) is 2. The van der Waals surface area contributed by atoms with E-state index in [0.717, 1.165) is 18.2 Å². The monoisotopic (exact) mass is 274 g/mol. The summed E-state index contributed by atoms with van der Waals surface area (Å²) >= 11 is 0. The fourth-order valence-electron chi connectivity index (χ4n) is 1.45. The second-order valence-electron chi connectivity index (χ2n) is 3.92. The summed E-state index contributed by atoms with van der Waals surface area (Å²) < 4.78 is 37.4. The van der Waals surface area contributed by atoms with Crippen molar-refractivity contribution >= 4 is 11.8 Å². The van der Waals surface area contributed by atoms with Crippen molar-refractivity contribution in [3.63, 3.8) is 0 Å². The zero-order valence-corrected chi connectivity index (χ0v) is 10.1. The van der Waals surface area contributed by atoms with Gasteiger partial charge in [-0.3, -0.25) is 9.59 Å². The summed E-state index contributed by atoms with van der Waals surface area (Å²) in [4.78, 5) is 22.7. The Hall–Kier alpha value is -2.05. The number of nitrogens with one attached hydrogen (secondary N) is 1. The summed E-state index contributed by atoms with van der Waals surface area (Å²) in [6, 6.07) is 3.05. The van der Waals surface area contributed by atoms with Crippen LogP contribution in [-0.2, 0) is 11.0 Å². The van der Waals surface area contributed by atoms with Crippen molar-refractivity contribution in [1.29, 1.82) is 0 Å². The lowest BCUT2D eigenvalue weighted by Crippen LogP contribution is -2.43. The highest BCUT2D eigenvalue weighted by Gasteiger charge is 2.31. The normalized spacial score (nSPS) is 12.8. The maximum absolute atomic E-state index is 12.5. The average Bonchev–Trinajstić information content (AvgIpc) is 2.34. The van der Waals surface area contributed by atoms with Crippen LogP contribution in [-0.4, -0.2) is 17.9 Å². The van der Waals surface area contributed by atoms with Gasteiger partial charge in [-0.1, -0.05) is 13.0 Å². The summed E-state index contributed by atoms with van der Waals surface area (Å²) in [5, 5.41) is 2.28. The summed E-state index contributed by atoms with van der Waals surface area (Å²) in [6.45, 7) is 1.63. The molecule has 3 N–H and O–H groups in total. The molecule has 0 radical (unpaired) electrons. The van der Waals surface area contributed by atoms with Gasteiger partial charge in [-0.15, -0.1) is 0 Å². The van der Waals surface area contributed by atoms with Crippen LogP contribution in [0.1, 0.15) is 29.3 Å². The van der Waals surface area contributed by atoms with E-state index in [-0.39, 0.29) is 12.0 Å². The quantitative estimate of drug-likeness (QED) is 0.877. The standard InChI is InChI=1S/C12H13F3N2O2/c1-2-9(10(16)18)17-11(19)7-4-3-5-8(6-7)12(13,14)15/h3-6,9H,2H2,1H3,(H2,16,18)(H,17,19)/t9-/m1/s1. The number of alkyl halides is 3. The minimum atomic E-state index is -4.52. The lowest BCUT2D eigenvalue weighted by Gasteiger charge is -2.14. The molecule has 1 rings (SSSR count). The van der Waals surface area contributed by atoms with Gasteiger partial charge in [0.15, 0.2) is 0 Å². The van der Waals surface area contributed by atoms with Gasteiger partial charge in [-0.2, -0.15) is 13.2 Å². The van der Waals surface area contributed by atoms with E-state index in [1.165, 1.54) is 6.07 Å². The van der Waals surface area contributed by atoms with E-state index in [1.54, 1.807) is 6.92 Å². The van der Waals surface area contributed by atoms with Crippen LogP contribution >= 0.6 is 0 Å². The molecule has 104 valence electrons. The predicted octanol–water partition coefficient (Wildman–Crippen LogP) is 1.70. The number of rotatable bonds is 4. The second-order valence-corrected chi connectivity index (χ2v) is 3.92. The van der Waals surface area contributed by atoms with Crippen molar-refractivity contribution in [3.8, 4) is 0 Å². The predicted molar refractivity (Wildman–Crippen MR) is 62.2 cm³/mol. The number of hydrogen-bond acceptors (Lipinski definition) is 2. The van der Waals surface area contributed by atoms with E-state index in [2.05, 4.69) is 5.32 Å². The Bertz CT molecular complexity index is 486. The molecule has 7 heteroatoms. The number of benzene rings is 1. The molecule has 19 heavy (non-hydrogen) atoms. The van der Waals surface area contributed by atoms with Gasteiger partial charge in [-0.25, -0.2) is 0 Å². The molecule has 0 bridgehead atoms. The summed E-state index contributed by atoms with van der Waals surface area (Å²) in [5.41, 5.74) is 3.94. The Balaban J connectivity index is 2.92. The van der Waals surface area contributed by atoms with Crippen LogP contribution in [0, 0.1) is 0 Å².